The van der Waals surface area contributed by atoms with Crippen molar-refractivity contribution in [2.45, 2.75) is 0 Å². The number of amides is 2. The third-order valence-electron chi connectivity index (χ3n) is 3.26. The molecule has 2 amide bonds. The zero-order valence-electron chi connectivity index (χ0n) is 12.4. The first kappa shape index (κ1) is 15.2. The number of hydrogen-bond acceptors (Lipinski definition) is 4. The minimum Gasteiger partial charge on any atom is -0.345 e. The van der Waals surface area contributed by atoms with Gasteiger partial charge in [0, 0.05) is 35.8 Å². The number of H-pyrrole nitrogens is 1. The van der Waals surface area contributed by atoms with Crippen LogP contribution in [0, 0.1) is 10.1 Å². The van der Waals surface area contributed by atoms with Crippen LogP contribution >= 0.6 is 0 Å². The second kappa shape index (κ2) is 6.61. The fraction of sp³-hybridized carbons (Fsp3) is 0. The summed E-state index contributed by atoms with van der Waals surface area (Å²) in [4.78, 5) is 29.4. The van der Waals surface area contributed by atoms with Crippen LogP contribution in [0.3, 0.4) is 0 Å². The maximum Gasteiger partial charge on any atom is 0.323 e. The summed E-state index contributed by atoms with van der Waals surface area (Å²) < 4.78 is 0. The van der Waals surface area contributed by atoms with Gasteiger partial charge in [-0.2, -0.15) is 0 Å². The lowest BCUT2D eigenvalue weighted by molar-refractivity contribution is -0.384. The molecule has 0 spiro atoms. The SMILES string of the molecule is O=C(Nc1ccc([N+](=O)[O-])cc1)Nc1ccccc1-c1ncc[nH]1. The van der Waals surface area contributed by atoms with E-state index < -0.39 is 11.0 Å². The number of imidazole rings is 1. The lowest BCUT2D eigenvalue weighted by Gasteiger charge is -2.10. The normalized spacial score (nSPS) is 10.2. The van der Waals surface area contributed by atoms with Gasteiger partial charge in [0.2, 0.25) is 0 Å². The molecule has 1 heterocycles. The Morgan fingerprint density at radius 1 is 1.08 bits per heavy atom. The monoisotopic (exact) mass is 323 g/mol. The van der Waals surface area contributed by atoms with E-state index in [4.69, 9.17) is 0 Å². The van der Waals surface area contributed by atoms with Crippen LogP contribution in [0.1, 0.15) is 0 Å². The van der Waals surface area contributed by atoms with Gasteiger partial charge in [0.15, 0.2) is 0 Å². The summed E-state index contributed by atoms with van der Waals surface area (Å²) in [5, 5.41) is 16.0. The second-order valence-electron chi connectivity index (χ2n) is 4.87. The first-order valence-corrected chi connectivity index (χ1v) is 7.05. The molecule has 8 heteroatoms. The van der Waals surface area contributed by atoms with Crippen molar-refractivity contribution in [3.05, 3.63) is 71.0 Å². The van der Waals surface area contributed by atoms with Gasteiger partial charge in [-0.15, -0.1) is 0 Å². The Balaban J connectivity index is 1.73. The summed E-state index contributed by atoms with van der Waals surface area (Å²) in [7, 11) is 0. The van der Waals surface area contributed by atoms with Crippen LogP contribution in [0.2, 0.25) is 0 Å². The number of carbonyl (C=O) groups excluding carboxylic acids is 1. The summed E-state index contributed by atoms with van der Waals surface area (Å²) in [6.07, 6.45) is 3.33. The van der Waals surface area contributed by atoms with Crippen LogP contribution < -0.4 is 10.6 Å². The molecule has 3 N–H and O–H groups in total. The quantitative estimate of drug-likeness (QED) is 0.502. The van der Waals surface area contributed by atoms with Gasteiger partial charge in [-0.3, -0.25) is 10.1 Å². The molecule has 0 bridgehead atoms. The lowest BCUT2D eigenvalue weighted by Crippen LogP contribution is -2.19. The summed E-state index contributed by atoms with van der Waals surface area (Å²) >= 11 is 0. The van der Waals surface area contributed by atoms with Crippen LogP contribution in [0.5, 0.6) is 0 Å². The number of non-ortho nitro benzene ring substituents is 1. The molecule has 0 aliphatic rings. The van der Waals surface area contributed by atoms with E-state index in [1.807, 2.05) is 12.1 Å². The first-order valence-electron chi connectivity index (χ1n) is 7.05. The predicted octanol–water partition coefficient (Wildman–Crippen LogP) is 3.63. The summed E-state index contributed by atoms with van der Waals surface area (Å²) in [5.74, 6) is 0.640. The Hall–Kier alpha value is -3.68. The molecule has 24 heavy (non-hydrogen) atoms. The van der Waals surface area contributed by atoms with Gasteiger partial charge in [0.05, 0.1) is 10.6 Å². The Kier molecular flexibility index (Phi) is 4.19. The van der Waals surface area contributed by atoms with Crippen molar-refractivity contribution in [1.29, 1.82) is 0 Å². The van der Waals surface area contributed by atoms with Crippen molar-refractivity contribution in [2.24, 2.45) is 0 Å². The average Bonchev–Trinajstić information content (AvgIpc) is 3.10. The molecule has 3 rings (SSSR count). The highest BCUT2D eigenvalue weighted by atomic mass is 16.6. The van der Waals surface area contributed by atoms with Gasteiger partial charge >= 0.3 is 6.03 Å². The van der Waals surface area contributed by atoms with Crippen molar-refractivity contribution in [2.75, 3.05) is 10.6 Å². The van der Waals surface area contributed by atoms with Crippen LogP contribution in [0.25, 0.3) is 11.4 Å². The van der Waals surface area contributed by atoms with Crippen molar-refractivity contribution in [3.63, 3.8) is 0 Å². The predicted molar refractivity (Wildman–Crippen MR) is 89.8 cm³/mol. The van der Waals surface area contributed by atoms with Crippen LogP contribution in [0.15, 0.2) is 60.9 Å². The minimum absolute atomic E-state index is 0.0378. The van der Waals surface area contributed by atoms with E-state index in [2.05, 4.69) is 20.6 Å². The molecule has 1 aromatic heterocycles. The lowest BCUT2D eigenvalue weighted by atomic mass is 10.1. The number of carbonyl (C=O) groups is 1. The number of aromatic nitrogens is 2. The summed E-state index contributed by atoms with van der Waals surface area (Å²) in [6.45, 7) is 0. The number of hydrogen-bond donors (Lipinski definition) is 3. The van der Waals surface area contributed by atoms with Gasteiger partial charge < -0.3 is 15.6 Å². The highest BCUT2D eigenvalue weighted by molar-refractivity contribution is 6.02. The van der Waals surface area contributed by atoms with Gasteiger partial charge in [0.25, 0.3) is 5.69 Å². The number of anilines is 2. The number of urea groups is 1. The highest BCUT2D eigenvalue weighted by Gasteiger charge is 2.10. The number of benzene rings is 2. The number of nitro groups is 1. The average molecular weight is 323 g/mol. The Bertz CT molecular complexity index is 860. The summed E-state index contributed by atoms with van der Waals surface area (Å²) in [6, 6.07) is 12.4. The van der Waals surface area contributed by atoms with E-state index in [9.17, 15) is 14.9 Å². The van der Waals surface area contributed by atoms with Crippen molar-refractivity contribution in [3.8, 4) is 11.4 Å². The van der Waals surface area contributed by atoms with Crippen LogP contribution in [0.4, 0.5) is 21.9 Å². The van der Waals surface area contributed by atoms with Crippen molar-refractivity contribution in [1.82, 2.24) is 9.97 Å². The largest absolute Gasteiger partial charge is 0.345 e. The Morgan fingerprint density at radius 2 is 1.83 bits per heavy atom. The maximum atomic E-state index is 12.1. The van der Waals surface area contributed by atoms with Crippen LogP contribution in [-0.2, 0) is 0 Å². The van der Waals surface area contributed by atoms with Gasteiger partial charge in [-0.05, 0) is 24.3 Å². The fourth-order valence-electron chi connectivity index (χ4n) is 2.16. The number of para-hydroxylation sites is 1. The minimum atomic E-state index is -0.497. The van der Waals surface area contributed by atoms with E-state index in [0.29, 0.717) is 17.2 Å². The molecular weight excluding hydrogens is 310 g/mol. The molecule has 120 valence electrons. The number of nitrogens with one attached hydrogen (secondary N) is 3. The number of nitrogens with zero attached hydrogens (tertiary/aromatic N) is 2. The topological polar surface area (TPSA) is 113 Å². The van der Waals surface area contributed by atoms with Gasteiger partial charge in [-0.25, -0.2) is 9.78 Å². The molecule has 0 radical (unpaired) electrons. The van der Waals surface area contributed by atoms with E-state index >= 15 is 0 Å². The molecule has 0 saturated carbocycles. The molecule has 2 aromatic carbocycles. The molecular formula is C16H13N5O3. The van der Waals surface area contributed by atoms with E-state index in [1.165, 1.54) is 24.3 Å². The molecule has 3 aromatic rings. The maximum absolute atomic E-state index is 12.1. The number of aromatic amines is 1. The second-order valence-corrected chi connectivity index (χ2v) is 4.87. The smallest absolute Gasteiger partial charge is 0.323 e. The number of rotatable bonds is 4. The Morgan fingerprint density at radius 3 is 2.50 bits per heavy atom. The van der Waals surface area contributed by atoms with E-state index in [1.54, 1.807) is 24.5 Å². The van der Waals surface area contributed by atoms with E-state index in [0.717, 1.165) is 5.56 Å². The summed E-state index contributed by atoms with van der Waals surface area (Å²) in [5.41, 5.74) is 1.76. The fourth-order valence-corrected chi connectivity index (χ4v) is 2.16. The molecule has 0 aliphatic heterocycles. The van der Waals surface area contributed by atoms with Crippen LogP contribution in [-0.4, -0.2) is 20.9 Å². The zero-order chi connectivity index (χ0) is 16.9. The molecule has 0 aliphatic carbocycles. The molecule has 0 fully saturated rings. The zero-order valence-corrected chi connectivity index (χ0v) is 12.4. The molecule has 0 saturated heterocycles. The molecule has 8 nitrogen and oxygen atoms in total. The third-order valence-corrected chi connectivity index (χ3v) is 3.26. The standard InChI is InChI=1S/C16H13N5O3/c22-16(19-11-5-7-12(8-6-11)21(23)24)20-14-4-2-1-3-13(14)15-17-9-10-18-15/h1-10H,(H,17,18)(H2,19,20,22). The van der Waals surface area contributed by atoms with E-state index in [-0.39, 0.29) is 5.69 Å². The third kappa shape index (κ3) is 3.38. The number of nitro benzene ring substituents is 1. The van der Waals surface area contributed by atoms with Gasteiger partial charge in [-0.1, -0.05) is 12.1 Å². The first-order chi connectivity index (χ1) is 11.6. The van der Waals surface area contributed by atoms with Crippen molar-refractivity contribution >= 4 is 23.1 Å². The van der Waals surface area contributed by atoms with Gasteiger partial charge in [0.1, 0.15) is 5.82 Å². The molecule has 0 atom stereocenters. The van der Waals surface area contributed by atoms with Crippen molar-refractivity contribution < 1.29 is 9.72 Å². The highest BCUT2D eigenvalue weighted by Crippen LogP contribution is 2.25. The molecule has 0 unspecified atom stereocenters. The Labute approximate surface area is 136 Å².